The Morgan fingerprint density at radius 1 is 0.461 bits per heavy atom. The fourth-order valence-corrected chi connectivity index (χ4v) is 8.40. The van der Waals surface area contributed by atoms with Crippen LogP contribution in [0, 0.1) is 0 Å². The van der Waals surface area contributed by atoms with Crippen molar-refractivity contribution in [2.45, 2.75) is 256 Å². The molecule has 9 nitrogen and oxygen atoms in total. The average molecular weight is 1060 g/mol. The van der Waals surface area contributed by atoms with Gasteiger partial charge in [0.05, 0.1) is 25.4 Å². The molecule has 9 heteroatoms. The van der Waals surface area contributed by atoms with Crippen molar-refractivity contribution in [1.29, 1.82) is 0 Å². The van der Waals surface area contributed by atoms with Gasteiger partial charge < -0.3 is 40.3 Å². The normalized spacial score (nSPS) is 19.9. The van der Waals surface area contributed by atoms with E-state index in [-0.39, 0.29) is 12.5 Å². The Labute approximate surface area is 463 Å². The molecule has 1 rings (SSSR count). The number of carbonyl (C=O) groups excluding carboxylic acids is 1. The standard InChI is InChI=1S/C67H109NO8/c1-3-5-7-9-11-13-15-17-18-19-20-21-22-23-24-25-26-27-28-29-30-31-32-33-34-35-36-37-38-39-40-41-42-43-44-45-47-49-51-53-55-57-63(71)68-60(59-75-67-66(74)65(73)64(72)62(58-69)76-67)61(70)56-54-52-50-48-46-16-14-12-10-8-6-4-2/h5,7,10-13,17-18,20-21,23-24,26-27,29-30,32-33,35-36,46,48,54,56,60-62,64-67,69-70,72-74H,3-4,6,8-9,14-16,19,22,25,28,31,34,37-45,47,49-53,55,57-59H2,1-2H3,(H,68,71)/b7-5-,12-10+,13-11-,18-17-,21-20-,24-23-,27-26-,30-29-,33-32-,36-35-,48-46+,56-54+. The van der Waals surface area contributed by atoms with Gasteiger partial charge in [-0.25, -0.2) is 0 Å². The molecule has 0 bridgehead atoms. The molecule has 7 unspecified atom stereocenters. The largest absolute Gasteiger partial charge is 0.394 e. The van der Waals surface area contributed by atoms with E-state index in [0.717, 1.165) is 116 Å². The highest BCUT2D eigenvalue weighted by molar-refractivity contribution is 5.76. The molecule has 0 radical (unpaired) electrons. The number of aliphatic hydroxyl groups is 5. The van der Waals surface area contributed by atoms with Crippen LogP contribution in [0.25, 0.3) is 0 Å². The van der Waals surface area contributed by atoms with Crippen molar-refractivity contribution in [3.8, 4) is 0 Å². The number of hydrogen-bond acceptors (Lipinski definition) is 8. The molecule has 6 N–H and O–H groups in total. The van der Waals surface area contributed by atoms with E-state index in [4.69, 9.17) is 9.47 Å². The number of amides is 1. The number of carbonyl (C=O) groups is 1. The molecule has 1 heterocycles. The van der Waals surface area contributed by atoms with E-state index < -0.39 is 49.5 Å². The van der Waals surface area contributed by atoms with Gasteiger partial charge >= 0.3 is 0 Å². The first-order valence-electron chi connectivity index (χ1n) is 30.1. The van der Waals surface area contributed by atoms with Crippen LogP contribution in [0.2, 0.25) is 0 Å². The second-order valence-electron chi connectivity index (χ2n) is 20.0. The lowest BCUT2D eigenvalue weighted by Crippen LogP contribution is -2.60. The molecule has 1 saturated heterocycles. The van der Waals surface area contributed by atoms with Gasteiger partial charge in [-0.2, -0.15) is 0 Å². The SMILES string of the molecule is CC/C=C\C/C=C\C/C=C\C/C=C\C/C=C\C/C=C\C/C=C\C/C=C\C/C=C\CCCCCCCCCCCCCCCC(=O)NC(COC1OC(CO)C(O)C(O)C1O)C(O)/C=C/CC/C=C/CC/C=C/CCCC. The van der Waals surface area contributed by atoms with Gasteiger partial charge in [-0.05, 0) is 109 Å². The van der Waals surface area contributed by atoms with Gasteiger partial charge in [0.15, 0.2) is 6.29 Å². The van der Waals surface area contributed by atoms with Crippen molar-refractivity contribution in [2.24, 2.45) is 0 Å². The third kappa shape index (κ3) is 43.1. The van der Waals surface area contributed by atoms with Crippen LogP contribution in [-0.4, -0.2) is 87.5 Å². The monoisotopic (exact) mass is 1060 g/mol. The summed E-state index contributed by atoms with van der Waals surface area (Å²) in [5, 5.41) is 54.3. The van der Waals surface area contributed by atoms with Gasteiger partial charge in [-0.3, -0.25) is 4.79 Å². The Balaban J connectivity index is 2.11. The summed E-state index contributed by atoms with van der Waals surface area (Å²) < 4.78 is 11.2. The van der Waals surface area contributed by atoms with Crippen LogP contribution < -0.4 is 5.32 Å². The molecule has 7 atom stereocenters. The van der Waals surface area contributed by atoms with Gasteiger partial charge in [-0.1, -0.05) is 243 Å². The fraction of sp³-hybridized carbons (Fsp3) is 0.627. The predicted molar refractivity (Wildman–Crippen MR) is 322 cm³/mol. The van der Waals surface area contributed by atoms with E-state index >= 15 is 0 Å². The van der Waals surface area contributed by atoms with Gasteiger partial charge in [0.25, 0.3) is 0 Å². The van der Waals surface area contributed by atoms with E-state index in [1.165, 1.54) is 77.0 Å². The number of rotatable bonds is 49. The number of allylic oxidation sites excluding steroid dienone is 23. The zero-order chi connectivity index (χ0) is 55.0. The minimum Gasteiger partial charge on any atom is -0.394 e. The van der Waals surface area contributed by atoms with Gasteiger partial charge in [-0.15, -0.1) is 0 Å². The van der Waals surface area contributed by atoms with Crippen LogP contribution in [-0.2, 0) is 14.3 Å². The molecule has 1 fully saturated rings. The predicted octanol–water partition coefficient (Wildman–Crippen LogP) is 15.5. The van der Waals surface area contributed by atoms with Crippen LogP contribution >= 0.6 is 0 Å². The quantitative estimate of drug-likeness (QED) is 0.0261. The molecule has 0 aliphatic carbocycles. The van der Waals surface area contributed by atoms with E-state index in [0.29, 0.717) is 6.42 Å². The highest BCUT2D eigenvalue weighted by atomic mass is 16.7. The Morgan fingerprint density at radius 2 is 0.829 bits per heavy atom. The number of hydrogen-bond donors (Lipinski definition) is 6. The summed E-state index contributed by atoms with van der Waals surface area (Å²) >= 11 is 0. The lowest BCUT2D eigenvalue weighted by Gasteiger charge is -2.40. The first kappa shape index (κ1) is 70.1. The number of aliphatic hydroxyl groups excluding tert-OH is 5. The fourth-order valence-electron chi connectivity index (χ4n) is 8.40. The van der Waals surface area contributed by atoms with Gasteiger partial charge in [0.1, 0.15) is 24.4 Å². The minimum absolute atomic E-state index is 0.200. The minimum atomic E-state index is -1.58. The number of unbranched alkanes of at least 4 members (excludes halogenated alkanes) is 17. The molecule has 0 saturated carbocycles. The molecule has 0 aromatic carbocycles. The highest BCUT2D eigenvalue weighted by Gasteiger charge is 2.44. The van der Waals surface area contributed by atoms with E-state index in [1.54, 1.807) is 6.08 Å². The number of ether oxygens (including phenoxy) is 2. The molecule has 1 aliphatic heterocycles. The third-order valence-corrected chi connectivity index (χ3v) is 13.1. The van der Waals surface area contributed by atoms with Crippen molar-refractivity contribution >= 4 is 5.91 Å². The molecule has 1 aliphatic rings. The maximum Gasteiger partial charge on any atom is 0.220 e. The maximum absolute atomic E-state index is 13.0. The van der Waals surface area contributed by atoms with Crippen molar-refractivity contribution in [3.63, 3.8) is 0 Å². The summed E-state index contributed by atoms with van der Waals surface area (Å²) in [4.78, 5) is 13.0. The molecule has 76 heavy (non-hydrogen) atoms. The smallest absolute Gasteiger partial charge is 0.220 e. The van der Waals surface area contributed by atoms with Crippen molar-refractivity contribution in [3.05, 3.63) is 146 Å². The second-order valence-corrected chi connectivity index (χ2v) is 20.0. The third-order valence-electron chi connectivity index (χ3n) is 13.1. The van der Waals surface area contributed by atoms with Crippen LogP contribution in [0.15, 0.2) is 146 Å². The Hall–Kier alpha value is -3.93. The van der Waals surface area contributed by atoms with Crippen LogP contribution in [0.1, 0.15) is 213 Å². The van der Waals surface area contributed by atoms with Crippen LogP contribution in [0.3, 0.4) is 0 Å². The van der Waals surface area contributed by atoms with Crippen molar-refractivity contribution in [2.75, 3.05) is 13.2 Å². The Kier molecular flexibility index (Phi) is 50.2. The molecule has 430 valence electrons. The Bertz CT molecular complexity index is 1700. The molecular formula is C67H109NO8. The summed E-state index contributed by atoms with van der Waals surface area (Å²) in [6, 6.07) is -0.836. The maximum atomic E-state index is 13.0. The molecular weight excluding hydrogens is 947 g/mol. The molecule has 1 amide bonds. The lowest BCUT2D eigenvalue weighted by molar-refractivity contribution is -0.302. The van der Waals surface area contributed by atoms with Crippen LogP contribution in [0.5, 0.6) is 0 Å². The molecule has 0 aromatic heterocycles. The van der Waals surface area contributed by atoms with Gasteiger partial charge in [0.2, 0.25) is 5.91 Å². The number of nitrogens with one attached hydrogen (secondary N) is 1. The molecule has 0 spiro atoms. The second kappa shape index (κ2) is 54.4. The first-order chi connectivity index (χ1) is 37.3. The van der Waals surface area contributed by atoms with Crippen molar-refractivity contribution in [1.82, 2.24) is 5.32 Å². The summed E-state index contributed by atoms with van der Waals surface area (Å²) in [6.45, 7) is 3.57. The average Bonchev–Trinajstić information content (AvgIpc) is 3.42. The zero-order valence-electron chi connectivity index (χ0n) is 47.7. The van der Waals surface area contributed by atoms with E-state index in [9.17, 15) is 30.3 Å². The van der Waals surface area contributed by atoms with Gasteiger partial charge in [0, 0.05) is 6.42 Å². The summed E-state index contributed by atoms with van der Waals surface area (Å²) in [6.07, 6.45) is 77.9. The van der Waals surface area contributed by atoms with E-state index in [1.807, 2.05) is 6.08 Å². The first-order valence-corrected chi connectivity index (χ1v) is 30.1. The lowest BCUT2D eigenvalue weighted by atomic mass is 9.99. The summed E-state index contributed by atoms with van der Waals surface area (Å²) in [5.41, 5.74) is 0. The topological polar surface area (TPSA) is 149 Å². The molecule has 0 aromatic rings. The highest BCUT2D eigenvalue weighted by Crippen LogP contribution is 2.23. The summed E-state index contributed by atoms with van der Waals surface area (Å²) in [7, 11) is 0. The zero-order valence-corrected chi connectivity index (χ0v) is 47.7. The van der Waals surface area contributed by atoms with E-state index in [2.05, 4.69) is 153 Å². The van der Waals surface area contributed by atoms with Crippen LogP contribution in [0.4, 0.5) is 0 Å². The van der Waals surface area contributed by atoms with Crippen molar-refractivity contribution < 1.29 is 39.8 Å². The Morgan fingerprint density at radius 3 is 1.26 bits per heavy atom. The summed E-state index contributed by atoms with van der Waals surface area (Å²) in [5.74, 6) is -0.200.